The monoisotopic (exact) mass is 285 g/mol. The van der Waals surface area contributed by atoms with Crippen molar-refractivity contribution in [3.05, 3.63) is 30.3 Å². The predicted octanol–water partition coefficient (Wildman–Crippen LogP) is 1.67. The van der Waals surface area contributed by atoms with Crippen LogP contribution in [0.2, 0.25) is 0 Å². The minimum atomic E-state index is -0.848. The summed E-state index contributed by atoms with van der Waals surface area (Å²) in [5.41, 5.74) is 0.650. The highest BCUT2D eigenvalue weighted by Crippen LogP contribution is 2.44. The van der Waals surface area contributed by atoms with Gasteiger partial charge >= 0.3 is 6.03 Å². The van der Waals surface area contributed by atoms with E-state index in [0.717, 1.165) is 5.71 Å². The Balaban J connectivity index is 1.67. The average molecular weight is 285 g/mol. The molecule has 0 bridgehead atoms. The van der Waals surface area contributed by atoms with Crippen molar-refractivity contribution in [3.63, 3.8) is 0 Å². The zero-order valence-corrected chi connectivity index (χ0v) is 11.6. The number of para-hydroxylation sites is 1. The molecule has 6 nitrogen and oxygen atoms in total. The Morgan fingerprint density at radius 2 is 2.05 bits per heavy atom. The largest absolute Gasteiger partial charge is 0.392 e. The summed E-state index contributed by atoms with van der Waals surface area (Å²) in [4.78, 5) is 31.7. The van der Waals surface area contributed by atoms with E-state index < -0.39 is 5.54 Å². The average Bonchev–Trinajstić information content (AvgIpc) is 3.07. The summed E-state index contributed by atoms with van der Waals surface area (Å²) in [6.45, 7) is 1.90. The van der Waals surface area contributed by atoms with Crippen molar-refractivity contribution in [2.75, 3.05) is 4.90 Å². The van der Waals surface area contributed by atoms with E-state index in [1.807, 2.05) is 25.1 Å². The van der Waals surface area contributed by atoms with Crippen LogP contribution in [-0.2, 0) is 9.63 Å². The zero-order valence-electron chi connectivity index (χ0n) is 11.6. The van der Waals surface area contributed by atoms with E-state index in [-0.39, 0.29) is 24.0 Å². The second-order valence-electron chi connectivity index (χ2n) is 5.88. The van der Waals surface area contributed by atoms with Crippen molar-refractivity contribution in [3.8, 4) is 0 Å². The molecule has 0 unspecified atom stereocenters. The van der Waals surface area contributed by atoms with Crippen molar-refractivity contribution in [2.24, 2.45) is 11.1 Å². The molecule has 1 aromatic rings. The lowest BCUT2D eigenvalue weighted by Gasteiger charge is -2.21. The summed E-state index contributed by atoms with van der Waals surface area (Å²) >= 11 is 0. The first-order chi connectivity index (χ1) is 10.1. The van der Waals surface area contributed by atoms with Crippen molar-refractivity contribution < 1.29 is 14.4 Å². The van der Waals surface area contributed by atoms with E-state index in [0.29, 0.717) is 18.5 Å². The van der Waals surface area contributed by atoms with Crippen LogP contribution in [0.5, 0.6) is 0 Å². The molecule has 2 heterocycles. The Bertz CT molecular complexity index is 657. The number of rotatable bonds is 1. The number of hydrogen-bond acceptors (Lipinski definition) is 4. The maximum absolute atomic E-state index is 12.8. The molecule has 21 heavy (non-hydrogen) atoms. The Hall–Kier alpha value is -2.37. The second-order valence-corrected chi connectivity index (χ2v) is 5.88. The fourth-order valence-electron chi connectivity index (χ4n) is 3.53. The van der Waals surface area contributed by atoms with E-state index in [4.69, 9.17) is 4.84 Å². The summed E-state index contributed by atoms with van der Waals surface area (Å²) in [6, 6.07) is 8.63. The van der Waals surface area contributed by atoms with Crippen LogP contribution >= 0.6 is 0 Å². The van der Waals surface area contributed by atoms with Gasteiger partial charge in [0, 0.05) is 12.3 Å². The maximum Gasteiger partial charge on any atom is 0.329 e. The van der Waals surface area contributed by atoms with E-state index in [1.165, 1.54) is 4.90 Å². The molecule has 0 aromatic heterocycles. The van der Waals surface area contributed by atoms with Crippen LogP contribution in [0, 0.1) is 5.92 Å². The summed E-state index contributed by atoms with van der Waals surface area (Å²) in [7, 11) is 0. The molecule has 2 fully saturated rings. The Kier molecular flexibility index (Phi) is 2.40. The van der Waals surface area contributed by atoms with Crippen molar-refractivity contribution in [1.29, 1.82) is 0 Å². The first kappa shape index (κ1) is 12.4. The molecule has 1 spiro atoms. The van der Waals surface area contributed by atoms with Gasteiger partial charge in [-0.3, -0.25) is 4.79 Å². The molecule has 3 aliphatic rings. The lowest BCUT2D eigenvalue weighted by molar-refractivity contribution is -0.122. The van der Waals surface area contributed by atoms with Gasteiger partial charge in [0.05, 0.1) is 11.4 Å². The predicted molar refractivity (Wildman–Crippen MR) is 75.9 cm³/mol. The van der Waals surface area contributed by atoms with Gasteiger partial charge in [0.2, 0.25) is 0 Å². The van der Waals surface area contributed by atoms with Crippen LogP contribution in [-0.4, -0.2) is 29.3 Å². The third-order valence-corrected chi connectivity index (χ3v) is 4.61. The fourth-order valence-corrected chi connectivity index (χ4v) is 3.53. The Labute approximate surface area is 121 Å². The van der Waals surface area contributed by atoms with Crippen LogP contribution in [0.3, 0.4) is 0 Å². The van der Waals surface area contributed by atoms with Gasteiger partial charge in [0.25, 0.3) is 5.91 Å². The van der Waals surface area contributed by atoms with Gasteiger partial charge in [0.1, 0.15) is 11.6 Å². The minimum Gasteiger partial charge on any atom is -0.392 e. The smallest absolute Gasteiger partial charge is 0.329 e. The van der Waals surface area contributed by atoms with Crippen LogP contribution < -0.4 is 10.2 Å². The van der Waals surface area contributed by atoms with Gasteiger partial charge in [-0.2, -0.15) is 0 Å². The highest BCUT2D eigenvalue weighted by molar-refractivity contribution is 6.23. The summed E-state index contributed by atoms with van der Waals surface area (Å²) < 4.78 is 0. The lowest BCUT2D eigenvalue weighted by atomic mass is 9.94. The number of nitrogens with zero attached hydrogens (tertiary/aromatic N) is 2. The molecule has 2 aliphatic heterocycles. The molecule has 3 amide bonds. The minimum absolute atomic E-state index is 0.107. The summed E-state index contributed by atoms with van der Waals surface area (Å²) in [6.07, 6.45) is 0.929. The number of carbonyl (C=O) groups is 2. The molecule has 4 rings (SSSR count). The molecule has 1 aromatic carbocycles. The number of carbonyl (C=O) groups excluding carboxylic acids is 2. The molecule has 108 valence electrons. The third kappa shape index (κ3) is 1.62. The van der Waals surface area contributed by atoms with E-state index in [1.54, 1.807) is 12.1 Å². The first-order valence-corrected chi connectivity index (χ1v) is 7.03. The normalized spacial score (nSPS) is 34.0. The molecule has 1 aliphatic carbocycles. The lowest BCUT2D eigenvalue weighted by Crippen LogP contribution is -2.45. The molecule has 1 saturated heterocycles. The van der Waals surface area contributed by atoms with E-state index in [9.17, 15) is 9.59 Å². The SMILES string of the molecule is CC1=NO[C@H]2C[C@]3(C[C@@H]12)NC(=O)N(c1ccccc1)C3=O. The number of urea groups is 1. The third-order valence-electron chi connectivity index (χ3n) is 4.61. The number of amides is 3. The molecular formula is C15H15N3O3. The van der Waals surface area contributed by atoms with Gasteiger partial charge in [-0.05, 0) is 25.5 Å². The fraction of sp³-hybridized carbons (Fsp3) is 0.400. The summed E-state index contributed by atoms with van der Waals surface area (Å²) in [5.74, 6) is -0.0746. The molecule has 1 saturated carbocycles. The number of benzene rings is 1. The van der Waals surface area contributed by atoms with Crippen LogP contribution in [0.4, 0.5) is 10.5 Å². The van der Waals surface area contributed by atoms with Crippen LogP contribution in [0.25, 0.3) is 0 Å². The zero-order chi connectivity index (χ0) is 14.6. The number of fused-ring (bicyclic) bond motifs is 1. The standard InChI is InChI=1S/C15H15N3O3/c1-9-11-7-15(8-12(11)21-17-9)13(19)18(14(20)16-15)10-5-3-2-4-6-10/h2-6,11-12H,7-8H2,1H3,(H,16,20)/t11-,12-,15-/m0/s1. The first-order valence-electron chi connectivity index (χ1n) is 7.03. The highest BCUT2D eigenvalue weighted by atomic mass is 16.6. The van der Waals surface area contributed by atoms with Crippen molar-refractivity contribution >= 4 is 23.3 Å². The number of anilines is 1. The van der Waals surface area contributed by atoms with Crippen LogP contribution in [0.1, 0.15) is 19.8 Å². The van der Waals surface area contributed by atoms with Crippen LogP contribution in [0.15, 0.2) is 35.5 Å². The molecular weight excluding hydrogens is 270 g/mol. The van der Waals surface area contributed by atoms with Gasteiger partial charge in [-0.25, -0.2) is 9.69 Å². The van der Waals surface area contributed by atoms with E-state index in [2.05, 4.69) is 10.5 Å². The summed E-state index contributed by atoms with van der Waals surface area (Å²) in [5, 5.41) is 6.85. The quantitative estimate of drug-likeness (QED) is 0.798. The Morgan fingerprint density at radius 1 is 1.29 bits per heavy atom. The van der Waals surface area contributed by atoms with Gasteiger partial charge in [0.15, 0.2) is 0 Å². The van der Waals surface area contributed by atoms with Gasteiger partial charge in [-0.1, -0.05) is 23.4 Å². The number of hydrogen-bond donors (Lipinski definition) is 1. The molecule has 1 N–H and O–H groups in total. The maximum atomic E-state index is 12.8. The number of imide groups is 1. The number of nitrogens with one attached hydrogen (secondary N) is 1. The second kappa shape index (κ2) is 4.07. The van der Waals surface area contributed by atoms with Gasteiger partial charge in [-0.15, -0.1) is 0 Å². The van der Waals surface area contributed by atoms with Crippen molar-refractivity contribution in [2.45, 2.75) is 31.4 Å². The van der Waals surface area contributed by atoms with E-state index >= 15 is 0 Å². The molecule has 6 heteroatoms. The molecule has 3 atom stereocenters. The topological polar surface area (TPSA) is 71.0 Å². The van der Waals surface area contributed by atoms with Gasteiger partial charge < -0.3 is 10.2 Å². The highest BCUT2D eigenvalue weighted by Gasteiger charge is 2.61. The Morgan fingerprint density at radius 3 is 2.76 bits per heavy atom. The molecule has 0 radical (unpaired) electrons. The van der Waals surface area contributed by atoms with Crippen molar-refractivity contribution in [1.82, 2.24) is 5.32 Å². The number of oxime groups is 1.